The lowest BCUT2D eigenvalue weighted by molar-refractivity contribution is 0.816. The maximum absolute atomic E-state index is 4.06. The molecular formula is C12H15N. The van der Waals surface area contributed by atoms with Gasteiger partial charge in [-0.2, -0.15) is 0 Å². The summed E-state index contributed by atoms with van der Waals surface area (Å²) in [6, 6.07) is 6.69. The van der Waals surface area contributed by atoms with Crippen molar-refractivity contribution in [1.29, 1.82) is 0 Å². The highest BCUT2D eigenvalue weighted by Crippen LogP contribution is 2.31. The van der Waals surface area contributed by atoms with Crippen molar-refractivity contribution in [2.24, 2.45) is 0 Å². The van der Waals surface area contributed by atoms with Crippen LogP contribution in [0.25, 0.3) is 5.57 Å². The molecule has 1 aromatic rings. The SMILES string of the molecule is C=C1CCc2cc(CNC)ccc21. The van der Waals surface area contributed by atoms with Crippen LogP contribution in [0.5, 0.6) is 0 Å². The van der Waals surface area contributed by atoms with Gasteiger partial charge >= 0.3 is 0 Å². The normalized spacial score (nSPS) is 14.7. The van der Waals surface area contributed by atoms with Gasteiger partial charge in [0.2, 0.25) is 0 Å². The van der Waals surface area contributed by atoms with Crippen LogP contribution in [0.3, 0.4) is 0 Å². The van der Waals surface area contributed by atoms with Crippen molar-refractivity contribution in [3.05, 3.63) is 41.5 Å². The Hall–Kier alpha value is -1.08. The molecule has 0 amide bonds. The van der Waals surface area contributed by atoms with Crippen LogP contribution in [0.4, 0.5) is 0 Å². The van der Waals surface area contributed by atoms with E-state index in [1.807, 2.05) is 7.05 Å². The molecule has 0 saturated heterocycles. The molecule has 2 rings (SSSR count). The Bertz CT molecular complexity index is 339. The lowest BCUT2D eigenvalue weighted by atomic mass is 10.1. The summed E-state index contributed by atoms with van der Waals surface area (Å²) in [6.45, 7) is 5.01. The molecule has 68 valence electrons. The van der Waals surface area contributed by atoms with Crippen LogP contribution >= 0.6 is 0 Å². The first-order valence-corrected chi connectivity index (χ1v) is 4.76. The molecule has 1 N–H and O–H groups in total. The third-order valence-corrected chi connectivity index (χ3v) is 2.63. The molecule has 0 aliphatic heterocycles. The Morgan fingerprint density at radius 2 is 2.23 bits per heavy atom. The molecular weight excluding hydrogens is 158 g/mol. The zero-order chi connectivity index (χ0) is 9.26. The van der Waals surface area contributed by atoms with Crippen molar-refractivity contribution >= 4 is 5.57 Å². The highest BCUT2D eigenvalue weighted by Gasteiger charge is 2.13. The monoisotopic (exact) mass is 173 g/mol. The number of nitrogens with one attached hydrogen (secondary N) is 1. The summed E-state index contributed by atoms with van der Waals surface area (Å²) >= 11 is 0. The van der Waals surface area contributed by atoms with Crippen LogP contribution in [-0.4, -0.2) is 7.05 Å². The van der Waals surface area contributed by atoms with Gasteiger partial charge in [0.05, 0.1) is 0 Å². The smallest absolute Gasteiger partial charge is 0.0202 e. The average molecular weight is 173 g/mol. The second-order valence-corrected chi connectivity index (χ2v) is 3.63. The maximum atomic E-state index is 4.06. The van der Waals surface area contributed by atoms with Gasteiger partial charge in [-0.1, -0.05) is 24.8 Å². The van der Waals surface area contributed by atoms with Crippen molar-refractivity contribution in [2.45, 2.75) is 19.4 Å². The van der Waals surface area contributed by atoms with Gasteiger partial charge in [-0.25, -0.2) is 0 Å². The summed E-state index contributed by atoms with van der Waals surface area (Å²) in [4.78, 5) is 0. The first-order valence-electron chi connectivity index (χ1n) is 4.76. The zero-order valence-electron chi connectivity index (χ0n) is 8.06. The first-order chi connectivity index (χ1) is 6.31. The van der Waals surface area contributed by atoms with Crippen LogP contribution in [0.2, 0.25) is 0 Å². The van der Waals surface area contributed by atoms with Crippen LogP contribution in [0.15, 0.2) is 24.8 Å². The Kier molecular flexibility index (Phi) is 2.19. The van der Waals surface area contributed by atoms with E-state index in [0.717, 1.165) is 13.0 Å². The third kappa shape index (κ3) is 1.52. The summed E-state index contributed by atoms with van der Waals surface area (Å²) < 4.78 is 0. The maximum Gasteiger partial charge on any atom is 0.0202 e. The van der Waals surface area contributed by atoms with E-state index >= 15 is 0 Å². The van der Waals surface area contributed by atoms with Crippen LogP contribution in [0.1, 0.15) is 23.1 Å². The number of rotatable bonds is 2. The fraction of sp³-hybridized carbons (Fsp3) is 0.333. The van der Waals surface area contributed by atoms with Crippen LogP contribution in [0, 0.1) is 0 Å². The number of benzene rings is 1. The highest BCUT2D eigenvalue weighted by atomic mass is 14.8. The summed E-state index contributed by atoms with van der Waals surface area (Å²) in [5.41, 5.74) is 5.51. The van der Waals surface area contributed by atoms with E-state index in [1.165, 1.54) is 28.7 Å². The van der Waals surface area contributed by atoms with E-state index in [4.69, 9.17) is 0 Å². The molecule has 13 heavy (non-hydrogen) atoms. The first kappa shape index (κ1) is 8.52. The molecule has 0 unspecified atom stereocenters. The average Bonchev–Trinajstić information content (AvgIpc) is 2.48. The summed E-state index contributed by atoms with van der Waals surface area (Å²) in [5, 5.41) is 3.16. The Balaban J connectivity index is 2.34. The van der Waals surface area contributed by atoms with Crippen molar-refractivity contribution in [1.82, 2.24) is 5.32 Å². The second kappa shape index (κ2) is 3.35. The number of allylic oxidation sites excluding steroid dienone is 1. The number of hydrogen-bond donors (Lipinski definition) is 1. The van der Waals surface area contributed by atoms with E-state index in [2.05, 4.69) is 30.1 Å². The van der Waals surface area contributed by atoms with Gasteiger partial charge in [0.1, 0.15) is 0 Å². The predicted molar refractivity (Wildman–Crippen MR) is 56.6 cm³/mol. The number of hydrogen-bond acceptors (Lipinski definition) is 1. The Morgan fingerprint density at radius 1 is 1.38 bits per heavy atom. The standard InChI is InChI=1S/C12H15N/c1-9-3-5-11-7-10(8-13-2)4-6-12(9)11/h4,6-7,13H,1,3,5,8H2,2H3. The molecule has 0 spiro atoms. The summed E-state index contributed by atoms with van der Waals surface area (Å²) in [5.74, 6) is 0. The van der Waals surface area contributed by atoms with E-state index < -0.39 is 0 Å². The molecule has 0 bridgehead atoms. The van der Waals surface area contributed by atoms with Gasteiger partial charge in [-0.05, 0) is 42.2 Å². The molecule has 1 aromatic carbocycles. The molecule has 0 aromatic heterocycles. The van der Waals surface area contributed by atoms with Crippen LogP contribution < -0.4 is 5.32 Å². The Morgan fingerprint density at radius 3 is 3.00 bits per heavy atom. The van der Waals surface area contributed by atoms with Gasteiger partial charge in [-0.15, -0.1) is 0 Å². The largest absolute Gasteiger partial charge is 0.316 e. The minimum absolute atomic E-state index is 0.958. The fourth-order valence-electron chi connectivity index (χ4n) is 1.93. The lowest BCUT2D eigenvalue weighted by Crippen LogP contribution is -2.05. The van der Waals surface area contributed by atoms with Crippen LogP contribution in [-0.2, 0) is 13.0 Å². The van der Waals surface area contributed by atoms with Gasteiger partial charge < -0.3 is 5.32 Å². The fourth-order valence-corrected chi connectivity index (χ4v) is 1.93. The van der Waals surface area contributed by atoms with Crippen molar-refractivity contribution in [3.63, 3.8) is 0 Å². The summed E-state index contributed by atoms with van der Waals surface area (Å²) in [6.07, 6.45) is 2.31. The van der Waals surface area contributed by atoms with E-state index in [1.54, 1.807) is 0 Å². The second-order valence-electron chi connectivity index (χ2n) is 3.63. The molecule has 0 heterocycles. The van der Waals surface area contributed by atoms with Gasteiger partial charge in [-0.3, -0.25) is 0 Å². The Labute approximate surface area is 79.5 Å². The number of fused-ring (bicyclic) bond motifs is 1. The molecule has 0 saturated carbocycles. The number of aryl methyl sites for hydroxylation is 1. The minimum Gasteiger partial charge on any atom is -0.316 e. The van der Waals surface area contributed by atoms with E-state index in [-0.39, 0.29) is 0 Å². The van der Waals surface area contributed by atoms with E-state index in [0.29, 0.717) is 0 Å². The third-order valence-electron chi connectivity index (χ3n) is 2.63. The van der Waals surface area contributed by atoms with Crippen molar-refractivity contribution in [3.8, 4) is 0 Å². The van der Waals surface area contributed by atoms with E-state index in [9.17, 15) is 0 Å². The van der Waals surface area contributed by atoms with Crippen molar-refractivity contribution in [2.75, 3.05) is 7.05 Å². The molecule has 0 fully saturated rings. The van der Waals surface area contributed by atoms with Crippen molar-refractivity contribution < 1.29 is 0 Å². The van der Waals surface area contributed by atoms with Gasteiger partial charge in [0.15, 0.2) is 0 Å². The predicted octanol–water partition coefficient (Wildman–Crippen LogP) is 2.37. The van der Waals surface area contributed by atoms with Gasteiger partial charge in [0, 0.05) is 6.54 Å². The summed E-state index contributed by atoms with van der Waals surface area (Å²) in [7, 11) is 1.98. The quantitative estimate of drug-likeness (QED) is 0.724. The molecule has 1 aliphatic carbocycles. The molecule has 0 atom stereocenters. The lowest BCUT2D eigenvalue weighted by Gasteiger charge is -2.04. The topological polar surface area (TPSA) is 12.0 Å². The molecule has 1 aliphatic rings. The molecule has 1 nitrogen and oxygen atoms in total. The highest BCUT2D eigenvalue weighted by molar-refractivity contribution is 5.70. The van der Waals surface area contributed by atoms with Gasteiger partial charge in [0.25, 0.3) is 0 Å². The molecule has 1 heteroatoms. The minimum atomic E-state index is 0.958. The zero-order valence-corrected chi connectivity index (χ0v) is 8.06. The molecule has 0 radical (unpaired) electrons.